The predicted octanol–water partition coefficient (Wildman–Crippen LogP) is 1.42. The maximum atomic E-state index is 11.6. The number of ketones is 1. The summed E-state index contributed by atoms with van der Waals surface area (Å²) < 4.78 is 0. The molecule has 18 heavy (non-hydrogen) atoms. The molecule has 0 saturated carbocycles. The Morgan fingerprint density at radius 3 is 3.06 bits per heavy atom. The standard InChI is InChI=1S/C13H20N4O/c1-2-11(18)10-5-6-12(17-13(10)14)16-9-4-3-7-15-8-9/h5-6,9,15H,2-4,7-8H2,1H3,(H3,14,16,17). The lowest BCUT2D eigenvalue weighted by atomic mass is 10.1. The van der Waals surface area contributed by atoms with Crippen molar-refractivity contribution in [3.63, 3.8) is 0 Å². The van der Waals surface area contributed by atoms with Gasteiger partial charge < -0.3 is 16.4 Å². The molecule has 1 atom stereocenters. The second kappa shape index (κ2) is 5.82. The first-order chi connectivity index (χ1) is 8.70. The molecule has 0 bridgehead atoms. The van der Waals surface area contributed by atoms with E-state index in [9.17, 15) is 4.79 Å². The van der Waals surface area contributed by atoms with Gasteiger partial charge in [0, 0.05) is 19.0 Å². The number of nitrogens with one attached hydrogen (secondary N) is 2. The molecule has 4 N–H and O–H groups in total. The van der Waals surface area contributed by atoms with Gasteiger partial charge in [0.2, 0.25) is 0 Å². The van der Waals surface area contributed by atoms with E-state index in [1.807, 2.05) is 13.0 Å². The summed E-state index contributed by atoms with van der Waals surface area (Å²) in [5, 5.41) is 6.67. The van der Waals surface area contributed by atoms with Crippen molar-refractivity contribution < 1.29 is 4.79 Å². The molecule has 0 amide bonds. The van der Waals surface area contributed by atoms with Crippen LogP contribution in [-0.4, -0.2) is 29.9 Å². The number of hydrogen-bond acceptors (Lipinski definition) is 5. The van der Waals surface area contributed by atoms with E-state index in [1.54, 1.807) is 6.07 Å². The Morgan fingerprint density at radius 1 is 1.61 bits per heavy atom. The fourth-order valence-electron chi connectivity index (χ4n) is 2.17. The highest BCUT2D eigenvalue weighted by Gasteiger charge is 2.14. The minimum atomic E-state index is 0.0332. The molecular formula is C13H20N4O. The van der Waals surface area contributed by atoms with Crippen molar-refractivity contribution in [1.29, 1.82) is 0 Å². The summed E-state index contributed by atoms with van der Waals surface area (Å²) in [4.78, 5) is 15.8. The molecule has 0 aromatic carbocycles. The van der Waals surface area contributed by atoms with Gasteiger partial charge in [-0.1, -0.05) is 6.92 Å². The van der Waals surface area contributed by atoms with E-state index in [-0.39, 0.29) is 5.78 Å². The number of nitrogens with two attached hydrogens (primary N) is 1. The molecule has 2 rings (SSSR count). The Kier molecular flexibility index (Phi) is 4.15. The van der Waals surface area contributed by atoms with Crippen LogP contribution in [0.4, 0.5) is 11.6 Å². The average Bonchev–Trinajstić information content (AvgIpc) is 2.39. The summed E-state index contributed by atoms with van der Waals surface area (Å²) >= 11 is 0. The van der Waals surface area contributed by atoms with Crippen LogP contribution in [0.2, 0.25) is 0 Å². The molecule has 1 saturated heterocycles. The molecule has 0 radical (unpaired) electrons. The topological polar surface area (TPSA) is 80.0 Å². The summed E-state index contributed by atoms with van der Waals surface area (Å²) in [7, 11) is 0. The summed E-state index contributed by atoms with van der Waals surface area (Å²) in [5.74, 6) is 1.09. The van der Waals surface area contributed by atoms with Crippen molar-refractivity contribution >= 4 is 17.4 Å². The molecule has 5 heteroatoms. The Morgan fingerprint density at radius 2 is 2.44 bits per heavy atom. The number of pyridine rings is 1. The van der Waals surface area contributed by atoms with Crippen LogP contribution in [0.15, 0.2) is 12.1 Å². The highest BCUT2D eigenvalue weighted by atomic mass is 16.1. The first-order valence-electron chi connectivity index (χ1n) is 6.47. The SMILES string of the molecule is CCC(=O)c1ccc(NC2CCCNC2)nc1N. The van der Waals surface area contributed by atoms with Gasteiger partial charge in [-0.05, 0) is 31.5 Å². The van der Waals surface area contributed by atoms with Crippen LogP contribution in [0.1, 0.15) is 36.5 Å². The van der Waals surface area contributed by atoms with Gasteiger partial charge in [-0.2, -0.15) is 0 Å². The number of aromatic nitrogens is 1. The zero-order chi connectivity index (χ0) is 13.0. The smallest absolute Gasteiger partial charge is 0.166 e. The fraction of sp³-hybridized carbons (Fsp3) is 0.538. The number of nitrogen functional groups attached to an aromatic ring is 1. The van der Waals surface area contributed by atoms with E-state index in [0.29, 0.717) is 23.8 Å². The van der Waals surface area contributed by atoms with Gasteiger partial charge in [0.25, 0.3) is 0 Å². The zero-order valence-corrected chi connectivity index (χ0v) is 10.7. The number of rotatable bonds is 4. The summed E-state index contributed by atoms with van der Waals surface area (Å²) in [6.45, 7) is 3.84. The van der Waals surface area contributed by atoms with Crippen LogP contribution < -0.4 is 16.4 Å². The fourth-order valence-corrected chi connectivity index (χ4v) is 2.17. The highest BCUT2D eigenvalue weighted by molar-refractivity contribution is 6.00. The number of hydrogen-bond donors (Lipinski definition) is 3. The molecule has 1 aliphatic rings. The van der Waals surface area contributed by atoms with Gasteiger partial charge in [0.05, 0.1) is 5.56 Å². The van der Waals surface area contributed by atoms with Gasteiger partial charge in [-0.15, -0.1) is 0 Å². The van der Waals surface area contributed by atoms with Gasteiger partial charge >= 0.3 is 0 Å². The second-order valence-electron chi connectivity index (χ2n) is 4.59. The van der Waals surface area contributed by atoms with E-state index < -0.39 is 0 Å². The lowest BCUT2D eigenvalue weighted by Crippen LogP contribution is -2.38. The van der Waals surface area contributed by atoms with E-state index in [0.717, 1.165) is 25.3 Å². The van der Waals surface area contributed by atoms with Crippen LogP contribution in [0.3, 0.4) is 0 Å². The number of carbonyl (C=O) groups is 1. The molecule has 0 aliphatic carbocycles. The van der Waals surface area contributed by atoms with Gasteiger partial charge in [-0.25, -0.2) is 4.98 Å². The average molecular weight is 248 g/mol. The molecule has 5 nitrogen and oxygen atoms in total. The summed E-state index contributed by atoms with van der Waals surface area (Å²) in [6.07, 6.45) is 2.75. The van der Waals surface area contributed by atoms with E-state index >= 15 is 0 Å². The minimum Gasteiger partial charge on any atom is -0.383 e. The maximum absolute atomic E-state index is 11.6. The molecular weight excluding hydrogens is 228 g/mol. The van der Waals surface area contributed by atoms with Crippen LogP contribution in [0, 0.1) is 0 Å². The monoisotopic (exact) mass is 248 g/mol. The Bertz CT molecular complexity index is 427. The van der Waals surface area contributed by atoms with Crippen molar-refractivity contribution in [2.24, 2.45) is 0 Å². The first-order valence-corrected chi connectivity index (χ1v) is 6.47. The molecule has 0 spiro atoms. The molecule has 1 aliphatic heterocycles. The quantitative estimate of drug-likeness (QED) is 0.702. The van der Waals surface area contributed by atoms with E-state index in [1.165, 1.54) is 6.42 Å². The van der Waals surface area contributed by atoms with Crippen LogP contribution in [0.5, 0.6) is 0 Å². The van der Waals surface area contributed by atoms with Crippen LogP contribution in [0.25, 0.3) is 0 Å². The third kappa shape index (κ3) is 2.98. The Labute approximate surface area is 107 Å². The molecule has 1 aromatic rings. The molecule has 98 valence electrons. The predicted molar refractivity (Wildman–Crippen MR) is 72.8 cm³/mol. The second-order valence-corrected chi connectivity index (χ2v) is 4.59. The number of Topliss-reactive ketones (excluding diaryl/α,β-unsaturated/α-hetero) is 1. The van der Waals surface area contributed by atoms with Crippen molar-refractivity contribution in [2.45, 2.75) is 32.2 Å². The summed E-state index contributed by atoms with van der Waals surface area (Å²) in [6, 6.07) is 3.97. The van der Waals surface area contributed by atoms with Crippen LogP contribution in [-0.2, 0) is 0 Å². The third-order valence-corrected chi connectivity index (χ3v) is 3.20. The van der Waals surface area contributed by atoms with Gasteiger partial charge in [-0.3, -0.25) is 4.79 Å². The Hall–Kier alpha value is -1.62. The lowest BCUT2D eigenvalue weighted by Gasteiger charge is -2.24. The van der Waals surface area contributed by atoms with Gasteiger partial charge in [0.1, 0.15) is 11.6 Å². The number of piperidine rings is 1. The van der Waals surface area contributed by atoms with E-state index in [2.05, 4.69) is 15.6 Å². The zero-order valence-electron chi connectivity index (χ0n) is 10.7. The molecule has 1 fully saturated rings. The molecule has 1 unspecified atom stereocenters. The molecule has 2 heterocycles. The minimum absolute atomic E-state index is 0.0332. The normalized spacial score (nSPS) is 19.5. The highest BCUT2D eigenvalue weighted by Crippen LogP contribution is 2.17. The Balaban J connectivity index is 2.06. The van der Waals surface area contributed by atoms with Crippen molar-refractivity contribution in [3.05, 3.63) is 17.7 Å². The van der Waals surface area contributed by atoms with Gasteiger partial charge in [0.15, 0.2) is 5.78 Å². The number of anilines is 2. The maximum Gasteiger partial charge on any atom is 0.166 e. The molecule has 1 aromatic heterocycles. The number of nitrogens with zero attached hydrogens (tertiary/aromatic N) is 1. The van der Waals surface area contributed by atoms with Crippen molar-refractivity contribution in [3.8, 4) is 0 Å². The van der Waals surface area contributed by atoms with Crippen molar-refractivity contribution in [2.75, 3.05) is 24.1 Å². The first kappa shape index (κ1) is 12.8. The largest absolute Gasteiger partial charge is 0.383 e. The van der Waals surface area contributed by atoms with E-state index in [4.69, 9.17) is 5.73 Å². The lowest BCUT2D eigenvalue weighted by molar-refractivity contribution is 0.0989. The third-order valence-electron chi connectivity index (χ3n) is 3.20. The van der Waals surface area contributed by atoms with Crippen LogP contribution >= 0.6 is 0 Å². The number of carbonyl (C=O) groups excluding carboxylic acids is 1. The summed E-state index contributed by atoms with van der Waals surface area (Å²) in [5.41, 5.74) is 6.33. The van der Waals surface area contributed by atoms with Crippen molar-refractivity contribution in [1.82, 2.24) is 10.3 Å².